The van der Waals surface area contributed by atoms with Crippen molar-refractivity contribution < 1.29 is 9.53 Å². The number of aromatic nitrogens is 2. The summed E-state index contributed by atoms with van der Waals surface area (Å²) in [6.07, 6.45) is 1.62. The highest BCUT2D eigenvalue weighted by Crippen LogP contribution is 2.08. The lowest BCUT2D eigenvalue weighted by atomic mass is 10.3. The summed E-state index contributed by atoms with van der Waals surface area (Å²) in [4.78, 5) is 11.2. The van der Waals surface area contributed by atoms with Crippen LogP contribution in [0.3, 0.4) is 0 Å². The van der Waals surface area contributed by atoms with Gasteiger partial charge in [0.1, 0.15) is 12.4 Å². The molecule has 1 rings (SSSR count). The van der Waals surface area contributed by atoms with Crippen LogP contribution in [-0.4, -0.2) is 30.2 Å². The molecule has 0 amide bonds. The van der Waals surface area contributed by atoms with Gasteiger partial charge in [-0.15, -0.1) is 0 Å². The molecule has 90 valence electrons. The zero-order chi connectivity index (χ0) is 12.2. The number of hydrogen-bond acceptors (Lipinski definition) is 3. The number of rotatable bonds is 6. The largest absolute Gasteiger partial charge is 0.360 e. The number of hydrogen-bond donors (Lipinski definition) is 0. The van der Waals surface area contributed by atoms with Crippen molar-refractivity contribution in [3.63, 3.8) is 0 Å². The molecule has 0 aliphatic carbocycles. The quantitative estimate of drug-likeness (QED) is 0.436. The van der Waals surface area contributed by atoms with E-state index in [2.05, 4.69) is 24.7 Å². The van der Waals surface area contributed by atoms with Crippen molar-refractivity contribution in [2.75, 3.05) is 6.61 Å². The fourth-order valence-electron chi connectivity index (χ4n) is 1.26. The maximum Gasteiger partial charge on any atom is 0.177 e. The maximum atomic E-state index is 11.2. The van der Waals surface area contributed by atoms with Gasteiger partial charge in [-0.1, -0.05) is 19.6 Å². The molecule has 0 spiro atoms. The van der Waals surface area contributed by atoms with Gasteiger partial charge in [-0.05, 0) is 12.1 Å². The molecule has 1 heterocycles. The lowest BCUT2D eigenvalue weighted by Crippen LogP contribution is -2.22. The summed E-state index contributed by atoms with van der Waals surface area (Å²) >= 11 is 0. The van der Waals surface area contributed by atoms with Gasteiger partial charge in [0.25, 0.3) is 0 Å². The van der Waals surface area contributed by atoms with Crippen LogP contribution in [0.1, 0.15) is 17.4 Å². The van der Waals surface area contributed by atoms with Gasteiger partial charge in [0.2, 0.25) is 0 Å². The number of ether oxygens (including phenoxy) is 1. The Morgan fingerprint density at radius 2 is 2.19 bits per heavy atom. The van der Waals surface area contributed by atoms with E-state index in [0.29, 0.717) is 12.4 Å². The van der Waals surface area contributed by atoms with Crippen LogP contribution in [0.25, 0.3) is 0 Å². The van der Waals surface area contributed by atoms with Crippen molar-refractivity contribution in [3.8, 4) is 0 Å². The molecule has 16 heavy (non-hydrogen) atoms. The van der Waals surface area contributed by atoms with E-state index < -0.39 is 8.07 Å². The van der Waals surface area contributed by atoms with Crippen molar-refractivity contribution in [2.24, 2.45) is 0 Å². The maximum absolute atomic E-state index is 11.2. The number of carbonyl (C=O) groups is 1. The van der Waals surface area contributed by atoms with Crippen LogP contribution in [0.4, 0.5) is 0 Å². The topological polar surface area (TPSA) is 44.1 Å². The average Bonchev–Trinajstić information content (AvgIpc) is 2.58. The molecule has 0 saturated carbocycles. The molecule has 0 aliphatic rings. The lowest BCUT2D eigenvalue weighted by Gasteiger charge is -2.15. The Morgan fingerprint density at radius 1 is 1.50 bits per heavy atom. The van der Waals surface area contributed by atoms with Gasteiger partial charge in [-0.25, -0.2) is 4.68 Å². The summed E-state index contributed by atoms with van der Waals surface area (Å²) in [5.41, 5.74) is 0.605. The third-order valence-corrected chi connectivity index (χ3v) is 3.99. The second-order valence-corrected chi connectivity index (χ2v) is 10.7. The average molecular weight is 240 g/mol. The van der Waals surface area contributed by atoms with Gasteiger partial charge in [-0.2, -0.15) is 5.10 Å². The summed E-state index contributed by atoms with van der Waals surface area (Å²) in [6, 6.07) is 2.84. The smallest absolute Gasteiger partial charge is 0.177 e. The minimum atomic E-state index is -1.04. The number of carbonyl (C=O) groups excluding carboxylic acids is 1. The summed E-state index contributed by atoms with van der Waals surface area (Å²) in [7, 11) is -1.04. The summed E-state index contributed by atoms with van der Waals surface area (Å²) < 4.78 is 7.13. The first-order chi connectivity index (χ1) is 7.40. The highest BCUT2D eigenvalue weighted by molar-refractivity contribution is 6.76. The highest BCUT2D eigenvalue weighted by atomic mass is 28.3. The van der Waals surface area contributed by atoms with E-state index in [1.54, 1.807) is 16.9 Å². The number of Topliss-reactive ketones (excluding diaryl/α,β-unsaturated/α-hetero) is 1. The molecular formula is C11H20N2O2Si. The molecule has 0 aliphatic heterocycles. The van der Waals surface area contributed by atoms with Gasteiger partial charge in [-0.3, -0.25) is 4.79 Å². The van der Waals surface area contributed by atoms with Gasteiger partial charge in [0.05, 0.1) is 0 Å². The molecule has 0 unspecified atom stereocenters. The zero-order valence-electron chi connectivity index (χ0n) is 10.5. The van der Waals surface area contributed by atoms with Crippen LogP contribution in [-0.2, 0) is 11.5 Å². The molecule has 5 heteroatoms. The second-order valence-electron chi connectivity index (χ2n) is 5.12. The number of nitrogens with zero attached hydrogens (tertiary/aromatic N) is 2. The van der Waals surface area contributed by atoms with Crippen LogP contribution in [0.2, 0.25) is 25.7 Å². The zero-order valence-corrected chi connectivity index (χ0v) is 11.5. The van der Waals surface area contributed by atoms with Crippen molar-refractivity contribution in [2.45, 2.75) is 39.3 Å². The van der Waals surface area contributed by atoms with E-state index in [1.165, 1.54) is 6.92 Å². The molecule has 0 N–H and O–H groups in total. The van der Waals surface area contributed by atoms with E-state index in [1.807, 2.05) is 0 Å². The summed E-state index contributed by atoms with van der Waals surface area (Å²) in [5.74, 6) is 0.0197. The van der Waals surface area contributed by atoms with E-state index in [9.17, 15) is 4.79 Å². The third kappa shape index (κ3) is 4.28. The van der Waals surface area contributed by atoms with Gasteiger partial charge >= 0.3 is 0 Å². The molecule has 1 aromatic rings. The molecule has 0 aromatic carbocycles. The minimum Gasteiger partial charge on any atom is -0.360 e. The van der Waals surface area contributed by atoms with Crippen LogP contribution >= 0.6 is 0 Å². The van der Waals surface area contributed by atoms with Gasteiger partial charge in [0, 0.05) is 27.8 Å². The molecular weight excluding hydrogens is 220 g/mol. The van der Waals surface area contributed by atoms with E-state index in [4.69, 9.17) is 4.74 Å². The first kappa shape index (κ1) is 13.1. The molecule has 0 atom stereocenters. The summed E-state index contributed by atoms with van der Waals surface area (Å²) in [5, 5.41) is 4.05. The van der Waals surface area contributed by atoms with Gasteiger partial charge in [0.15, 0.2) is 5.78 Å². The molecule has 0 radical (unpaired) electrons. The molecule has 1 aromatic heterocycles. The number of ketones is 1. The monoisotopic (exact) mass is 240 g/mol. The normalized spacial score (nSPS) is 11.8. The molecule has 0 fully saturated rings. The lowest BCUT2D eigenvalue weighted by molar-refractivity contribution is 0.0735. The Morgan fingerprint density at radius 3 is 2.75 bits per heavy atom. The first-order valence-corrected chi connectivity index (χ1v) is 9.21. The Bertz CT molecular complexity index is 355. The van der Waals surface area contributed by atoms with Crippen molar-refractivity contribution in [1.82, 2.24) is 9.78 Å². The fourth-order valence-corrected chi connectivity index (χ4v) is 2.02. The Balaban J connectivity index is 2.38. The third-order valence-electron chi connectivity index (χ3n) is 2.29. The van der Waals surface area contributed by atoms with Crippen LogP contribution in [0.5, 0.6) is 0 Å². The predicted molar refractivity (Wildman–Crippen MR) is 66.3 cm³/mol. The van der Waals surface area contributed by atoms with Crippen LogP contribution < -0.4 is 0 Å². The minimum absolute atomic E-state index is 0.0197. The van der Waals surface area contributed by atoms with Crippen LogP contribution in [0, 0.1) is 0 Å². The standard InChI is InChI=1S/C11H20N2O2Si/c1-10(14)11-5-6-12-13(11)9-15-7-8-16(2,3)4/h5-6H,7-9H2,1-4H3. The summed E-state index contributed by atoms with van der Waals surface area (Å²) in [6.45, 7) is 9.58. The van der Waals surface area contributed by atoms with Crippen molar-refractivity contribution in [1.29, 1.82) is 0 Å². The molecule has 4 nitrogen and oxygen atoms in total. The predicted octanol–water partition coefficient (Wildman–Crippen LogP) is 2.40. The van der Waals surface area contributed by atoms with Crippen LogP contribution in [0.15, 0.2) is 12.3 Å². The van der Waals surface area contributed by atoms with Gasteiger partial charge < -0.3 is 4.74 Å². The Hall–Kier alpha value is -0.943. The Kier molecular flexibility index (Phi) is 4.43. The van der Waals surface area contributed by atoms with Crippen molar-refractivity contribution in [3.05, 3.63) is 18.0 Å². The van der Waals surface area contributed by atoms with E-state index in [0.717, 1.165) is 12.7 Å². The second kappa shape index (κ2) is 5.40. The highest BCUT2D eigenvalue weighted by Gasteiger charge is 2.12. The SMILES string of the molecule is CC(=O)c1ccnn1COCC[Si](C)(C)C. The molecule has 0 saturated heterocycles. The fraction of sp³-hybridized carbons (Fsp3) is 0.636. The van der Waals surface area contributed by atoms with E-state index >= 15 is 0 Å². The first-order valence-electron chi connectivity index (χ1n) is 5.51. The molecule has 0 bridgehead atoms. The van der Waals surface area contributed by atoms with Crippen molar-refractivity contribution >= 4 is 13.9 Å². The Labute approximate surface area is 97.6 Å². The van der Waals surface area contributed by atoms with E-state index in [-0.39, 0.29) is 5.78 Å².